The number of rotatable bonds is 1. The van der Waals surface area contributed by atoms with Crippen LogP contribution in [0.2, 0.25) is 0 Å². The molecule has 0 aliphatic heterocycles. The minimum atomic E-state index is 1.03. The molecule has 0 aliphatic rings. The van der Waals surface area contributed by atoms with Gasteiger partial charge in [-0.2, -0.15) is 8.75 Å². The Morgan fingerprint density at radius 2 is 1.47 bits per heavy atom. The highest BCUT2D eigenvalue weighted by atomic mass is 32.1. The van der Waals surface area contributed by atoms with Gasteiger partial charge < -0.3 is 4.90 Å². The number of nitrogens with zero attached hydrogens (tertiary/aromatic N) is 3. The molecule has 0 amide bonds. The van der Waals surface area contributed by atoms with Crippen LogP contribution >= 0.6 is 11.7 Å². The van der Waals surface area contributed by atoms with Gasteiger partial charge in [0.15, 0.2) is 0 Å². The van der Waals surface area contributed by atoms with Gasteiger partial charge in [0.2, 0.25) is 0 Å². The van der Waals surface area contributed by atoms with Crippen molar-refractivity contribution in [3.05, 3.63) is 16.7 Å². The molecule has 0 saturated carbocycles. The van der Waals surface area contributed by atoms with Gasteiger partial charge in [0.1, 0.15) is 11.0 Å². The van der Waals surface area contributed by atoms with Gasteiger partial charge in [-0.15, -0.1) is 0 Å². The van der Waals surface area contributed by atoms with Gasteiger partial charge in [-0.05, 0) is 37.5 Å². The lowest BCUT2D eigenvalue weighted by Gasteiger charge is -2.19. The Morgan fingerprint density at radius 3 is 2.07 bits per heavy atom. The Morgan fingerprint density at radius 1 is 0.867 bits per heavy atom. The molecule has 3 nitrogen and oxygen atoms in total. The second-order valence-corrected chi connectivity index (χ2v) is 4.61. The lowest BCUT2D eigenvalue weighted by Crippen LogP contribution is -2.12. The monoisotopic (exact) mass is 221 g/mol. The van der Waals surface area contributed by atoms with Gasteiger partial charge in [0, 0.05) is 14.1 Å². The lowest BCUT2D eigenvalue weighted by molar-refractivity contribution is 1.11. The van der Waals surface area contributed by atoms with Crippen molar-refractivity contribution in [3.8, 4) is 0 Å². The van der Waals surface area contributed by atoms with Crippen molar-refractivity contribution in [1.29, 1.82) is 0 Å². The van der Waals surface area contributed by atoms with Crippen LogP contribution in [-0.2, 0) is 0 Å². The number of anilines is 1. The third-order valence-corrected chi connectivity index (χ3v) is 3.52. The highest BCUT2D eigenvalue weighted by Crippen LogP contribution is 2.33. The fourth-order valence-corrected chi connectivity index (χ4v) is 2.55. The van der Waals surface area contributed by atoms with E-state index in [0.29, 0.717) is 0 Å². The SMILES string of the molecule is Cc1c(C)c(N(C)C)c2nsnc2c1C. The molecular formula is C11H15N3S. The van der Waals surface area contributed by atoms with E-state index in [9.17, 15) is 0 Å². The molecule has 0 fully saturated rings. The van der Waals surface area contributed by atoms with Crippen molar-refractivity contribution in [2.24, 2.45) is 0 Å². The van der Waals surface area contributed by atoms with E-state index in [1.54, 1.807) is 0 Å². The molecule has 0 radical (unpaired) electrons. The summed E-state index contributed by atoms with van der Waals surface area (Å²) in [5.74, 6) is 0. The van der Waals surface area contributed by atoms with Crippen LogP contribution in [0.15, 0.2) is 0 Å². The van der Waals surface area contributed by atoms with E-state index in [1.165, 1.54) is 34.1 Å². The summed E-state index contributed by atoms with van der Waals surface area (Å²) < 4.78 is 8.76. The van der Waals surface area contributed by atoms with Crippen molar-refractivity contribution < 1.29 is 0 Å². The molecule has 0 saturated heterocycles. The topological polar surface area (TPSA) is 29.0 Å². The summed E-state index contributed by atoms with van der Waals surface area (Å²) in [4.78, 5) is 2.12. The number of aromatic nitrogens is 2. The second-order valence-electron chi connectivity index (χ2n) is 4.08. The maximum atomic E-state index is 4.39. The van der Waals surface area contributed by atoms with E-state index in [2.05, 4.69) is 48.5 Å². The molecule has 4 heteroatoms. The first-order valence-corrected chi connectivity index (χ1v) is 5.66. The van der Waals surface area contributed by atoms with Crippen LogP contribution in [-0.4, -0.2) is 22.8 Å². The quantitative estimate of drug-likeness (QED) is 0.741. The molecule has 80 valence electrons. The molecule has 1 heterocycles. The average molecular weight is 221 g/mol. The van der Waals surface area contributed by atoms with Gasteiger partial charge >= 0.3 is 0 Å². The van der Waals surface area contributed by atoms with Crippen molar-refractivity contribution >= 4 is 28.4 Å². The molecule has 0 aliphatic carbocycles. The molecule has 15 heavy (non-hydrogen) atoms. The third-order valence-electron chi connectivity index (χ3n) is 3.00. The fourth-order valence-electron chi connectivity index (χ4n) is 1.95. The standard InChI is InChI=1S/C11H15N3S/c1-6-7(2)9-10(13-15-12-9)11(8(6)3)14(4)5/h1-5H3. The Kier molecular flexibility index (Phi) is 2.38. The molecule has 1 aromatic heterocycles. The highest BCUT2D eigenvalue weighted by molar-refractivity contribution is 7.00. The first-order chi connectivity index (χ1) is 7.04. The molecular weight excluding hydrogens is 206 g/mol. The smallest absolute Gasteiger partial charge is 0.128 e. The lowest BCUT2D eigenvalue weighted by atomic mass is 10.00. The van der Waals surface area contributed by atoms with Gasteiger partial charge in [0.05, 0.1) is 17.4 Å². The summed E-state index contributed by atoms with van der Waals surface area (Å²) in [6.07, 6.45) is 0. The highest BCUT2D eigenvalue weighted by Gasteiger charge is 2.15. The van der Waals surface area contributed by atoms with Crippen LogP contribution in [0, 0.1) is 20.8 Å². The molecule has 2 aromatic rings. The van der Waals surface area contributed by atoms with E-state index < -0.39 is 0 Å². The molecule has 0 unspecified atom stereocenters. The van der Waals surface area contributed by atoms with Crippen molar-refractivity contribution in [2.45, 2.75) is 20.8 Å². The zero-order valence-electron chi connectivity index (χ0n) is 9.75. The number of hydrogen-bond donors (Lipinski definition) is 0. The van der Waals surface area contributed by atoms with Crippen LogP contribution in [0.3, 0.4) is 0 Å². The van der Waals surface area contributed by atoms with Crippen molar-refractivity contribution in [2.75, 3.05) is 19.0 Å². The largest absolute Gasteiger partial charge is 0.376 e. The Labute approximate surface area is 94.1 Å². The minimum Gasteiger partial charge on any atom is -0.376 e. The zero-order valence-corrected chi connectivity index (χ0v) is 10.6. The number of hydrogen-bond acceptors (Lipinski definition) is 4. The normalized spacial score (nSPS) is 11.0. The van der Waals surface area contributed by atoms with Gasteiger partial charge in [-0.1, -0.05) is 0 Å². The maximum absolute atomic E-state index is 4.39. The summed E-state index contributed by atoms with van der Waals surface area (Å²) in [7, 11) is 4.10. The summed E-state index contributed by atoms with van der Waals surface area (Å²) in [6, 6.07) is 0. The second kappa shape index (κ2) is 3.45. The molecule has 0 spiro atoms. The van der Waals surface area contributed by atoms with Crippen LogP contribution in [0.25, 0.3) is 11.0 Å². The number of benzene rings is 1. The van der Waals surface area contributed by atoms with Gasteiger partial charge in [-0.3, -0.25) is 0 Å². The van der Waals surface area contributed by atoms with Crippen LogP contribution < -0.4 is 4.90 Å². The van der Waals surface area contributed by atoms with Gasteiger partial charge in [0.25, 0.3) is 0 Å². The van der Waals surface area contributed by atoms with E-state index in [4.69, 9.17) is 0 Å². The minimum absolute atomic E-state index is 1.03. The third kappa shape index (κ3) is 1.40. The average Bonchev–Trinajstić information content (AvgIpc) is 2.62. The van der Waals surface area contributed by atoms with Gasteiger partial charge in [-0.25, -0.2) is 0 Å². The van der Waals surface area contributed by atoms with Crippen LogP contribution in [0.5, 0.6) is 0 Å². The Bertz CT molecular complexity index is 514. The maximum Gasteiger partial charge on any atom is 0.128 e. The van der Waals surface area contributed by atoms with Crippen LogP contribution in [0.4, 0.5) is 5.69 Å². The predicted molar refractivity (Wildman–Crippen MR) is 66.0 cm³/mol. The molecule has 0 N–H and O–H groups in total. The molecule has 2 rings (SSSR count). The van der Waals surface area contributed by atoms with E-state index in [1.807, 2.05) is 0 Å². The summed E-state index contributed by atoms with van der Waals surface area (Å²) in [5, 5.41) is 0. The summed E-state index contributed by atoms with van der Waals surface area (Å²) >= 11 is 1.29. The van der Waals surface area contributed by atoms with E-state index in [0.717, 1.165) is 11.0 Å². The molecule has 1 aromatic carbocycles. The summed E-state index contributed by atoms with van der Waals surface area (Å²) in [6.45, 7) is 6.42. The number of fused-ring (bicyclic) bond motifs is 1. The first-order valence-electron chi connectivity index (χ1n) is 4.93. The molecule has 0 bridgehead atoms. The first kappa shape index (κ1) is 10.4. The summed E-state index contributed by atoms with van der Waals surface area (Å²) in [5.41, 5.74) is 7.15. The molecule has 0 atom stereocenters. The van der Waals surface area contributed by atoms with Crippen molar-refractivity contribution in [1.82, 2.24) is 8.75 Å². The zero-order chi connectivity index (χ0) is 11.2. The number of aryl methyl sites for hydroxylation is 1. The Balaban J connectivity index is 2.94. The van der Waals surface area contributed by atoms with E-state index in [-0.39, 0.29) is 0 Å². The Hall–Kier alpha value is -1.16. The van der Waals surface area contributed by atoms with Crippen LogP contribution in [0.1, 0.15) is 16.7 Å². The predicted octanol–water partition coefficient (Wildman–Crippen LogP) is 2.68. The van der Waals surface area contributed by atoms with Crippen molar-refractivity contribution in [3.63, 3.8) is 0 Å². The fraction of sp³-hybridized carbons (Fsp3) is 0.455. The van der Waals surface area contributed by atoms with E-state index >= 15 is 0 Å².